The van der Waals surface area contributed by atoms with Crippen molar-refractivity contribution in [3.8, 4) is 5.75 Å². The van der Waals surface area contributed by atoms with Crippen LogP contribution < -0.4 is 4.74 Å². The first-order chi connectivity index (χ1) is 8.33. The summed E-state index contributed by atoms with van der Waals surface area (Å²) in [5.74, 6) is 0.488. The highest BCUT2D eigenvalue weighted by molar-refractivity contribution is 9.10. The summed E-state index contributed by atoms with van der Waals surface area (Å²) in [5.41, 5.74) is 0. The normalized spacial score (nSPS) is 11.3. The van der Waals surface area contributed by atoms with E-state index >= 15 is 0 Å². The lowest BCUT2D eigenvalue weighted by molar-refractivity contribution is -0.138. The molecule has 0 bridgehead atoms. The molecule has 0 aliphatic rings. The SMILES string of the molecule is CC(C)(SCCOc1ccc(Cl)cc1Br)C(=O)O. The molecular weight excluding hydrogens is 340 g/mol. The van der Waals surface area contributed by atoms with E-state index in [2.05, 4.69) is 15.9 Å². The van der Waals surface area contributed by atoms with Crippen molar-refractivity contribution in [2.45, 2.75) is 18.6 Å². The predicted octanol–water partition coefficient (Wildman–Crippen LogP) is 4.08. The number of rotatable bonds is 6. The minimum absolute atomic E-state index is 0.446. The van der Waals surface area contributed by atoms with Gasteiger partial charge >= 0.3 is 5.97 Å². The maximum atomic E-state index is 10.9. The monoisotopic (exact) mass is 352 g/mol. The number of aliphatic carboxylic acids is 1. The number of carboxylic acids is 1. The van der Waals surface area contributed by atoms with Crippen LogP contribution in [0.2, 0.25) is 5.02 Å². The van der Waals surface area contributed by atoms with Crippen molar-refractivity contribution >= 4 is 45.3 Å². The molecule has 1 aromatic carbocycles. The molecule has 1 N–H and O–H groups in total. The quantitative estimate of drug-likeness (QED) is 0.783. The summed E-state index contributed by atoms with van der Waals surface area (Å²) < 4.78 is 5.55. The molecule has 0 atom stereocenters. The minimum atomic E-state index is -0.819. The third kappa shape index (κ3) is 4.71. The second-order valence-electron chi connectivity index (χ2n) is 4.09. The number of carboxylic acid groups (broad SMARTS) is 1. The van der Waals surface area contributed by atoms with Crippen LogP contribution in [0.15, 0.2) is 22.7 Å². The zero-order valence-corrected chi connectivity index (χ0v) is 13.2. The van der Waals surface area contributed by atoms with Gasteiger partial charge in [0.05, 0.1) is 11.1 Å². The first-order valence-electron chi connectivity index (χ1n) is 5.28. The van der Waals surface area contributed by atoms with E-state index in [1.54, 1.807) is 32.0 Å². The largest absolute Gasteiger partial charge is 0.492 e. The van der Waals surface area contributed by atoms with E-state index in [1.807, 2.05) is 0 Å². The van der Waals surface area contributed by atoms with Crippen molar-refractivity contribution in [3.63, 3.8) is 0 Å². The number of halogens is 2. The average Bonchev–Trinajstić information content (AvgIpc) is 2.26. The Hall–Kier alpha value is -0.390. The zero-order valence-electron chi connectivity index (χ0n) is 10.1. The lowest BCUT2D eigenvalue weighted by Gasteiger charge is -2.18. The van der Waals surface area contributed by atoms with Crippen molar-refractivity contribution in [1.82, 2.24) is 0 Å². The van der Waals surface area contributed by atoms with Crippen LogP contribution in [0.5, 0.6) is 5.75 Å². The van der Waals surface area contributed by atoms with Gasteiger partial charge in [-0.1, -0.05) is 11.6 Å². The van der Waals surface area contributed by atoms with E-state index in [4.69, 9.17) is 21.4 Å². The summed E-state index contributed by atoms with van der Waals surface area (Å²) in [6.07, 6.45) is 0. The van der Waals surface area contributed by atoms with Gasteiger partial charge < -0.3 is 9.84 Å². The van der Waals surface area contributed by atoms with Gasteiger partial charge in [0.2, 0.25) is 0 Å². The second-order valence-corrected chi connectivity index (χ2v) is 7.10. The van der Waals surface area contributed by atoms with Gasteiger partial charge in [0.1, 0.15) is 10.5 Å². The number of hydrogen-bond acceptors (Lipinski definition) is 3. The lowest BCUT2D eigenvalue weighted by atomic mass is 10.2. The Morgan fingerprint density at radius 1 is 1.56 bits per heavy atom. The molecule has 0 aromatic heterocycles. The van der Waals surface area contributed by atoms with Crippen molar-refractivity contribution < 1.29 is 14.6 Å². The Morgan fingerprint density at radius 3 is 2.78 bits per heavy atom. The molecule has 0 aliphatic carbocycles. The number of ether oxygens (including phenoxy) is 1. The van der Waals surface area contributed by atoms with Crippen molar-refractivity contribution in [2.75, 3.05) is 12.4 Å². The summed E-state index contributed by atoms with van der Waals surface area (Å²) in [4.78, 5) is 10.9. The molecule has 0 fully saturated rings. The maximum Gasteiger partial charge on any atom is 0.319 e. The van der Waals surface area contributed by atoms with E-state index in [-0.39, 0.29) is 0 Å². The fraction of sp³-hybridized carbons (Fsp3) is 0.417. The predicted molar refractivity (Wildman–Crippen MR) is 78.8 cm³/mol. The minimum Gasteiger partial charge on any atom is -0.492 e. The summed E-state index contributed by atoms with van der Waals surface area (Å²) >= 11 is 10.5. The number of carbonyl (C=O) groups is 1. The topological polar surface area (TPSA) is 46.5 Å². The standard InChI is InChI=1S/C12H14BrClO3S/c1-12(2,11(15)16)18-6-5-17-10-4-3-8(14)7-9(10)13/h3-4,7H,5-6H2,1-2H3,(H,15,16). The van der Waals surface area contributed by atoms with Gasteiger partial charge in [0.15, 0.2) is 0 Å². The molecule has 0 unspecified atom stereocenters. The van der Waals surface area contributed by atoms with Crippen LogP contribution in [-0.4, -0.2) is 28.2 Å². The van der Waals surface area contributed by atoms with E-state index < -0.39 is 10.7 Å². The molecule has 100 valence electrons. The second kappa shape index (κ2) is 6.68. The molecule has 0 amide bonds. The zero-order chi connectivity index (χ0) is 13.8. The highest BCUT2D eigenvalue weighted by Gasteiger charge is 2.27. The Balaban J connectivity index is 2.41. The molecule has 0 heterocycles. The van der Waals surface area contributed by atoms with Gasteiger partial charge in [-0.05, 0) is 48.0 Å². The van der Waals surface area contributed by atoms with E-state index in [9.17, 15) is 4.79 Å². The molecule has 0 radical (unpaired) electrons. The van der Waals surface area contributed by atoms with Crippen LogP contribution in [0.4, 0.5) is 0 Å². The van der Waals surface area contributed by atoms with Crippen molar-refractivity contribution in [2.24, 2.45) is 0 Å². The molecule has 0 saturated heterocycles. The highest BCUT2D eigenvalue weighted by atomic mass is 79.9. The molecule has 6 heteroatoms. The fourth-order valence-corrected chi connectivity index (χ4v) is 2.70. The van der Waals surface area contributed by atoms with Gasteiger partial charge in [-0.15, -0.1) is 11.8 Å². The Bertz CT molecular complexity index is 437. The van der Waals surface area contributed by atoms with Crippen LogP contribution in [0, 0.1) is 0 Å². The molecular formula is C12H14BrClO3S. The highest BCUT2D eigenvalue weighted by Crippen LogP contribution is 2.29. The van der Waals surface area contributed by atoms with Crippen molar-refractivity contribution in [3.05, 3.63) is 27.7 Å². The Morgan fingerprint density at radius 2 is 2.22 bits per heavy atom. The molecule has 18 heavy (non-hydrogen) atoms. The van der Waals surface area contributed by atoms with Crippen LogP contribution in [0.25, 0.3) is 0 Å². The van der Waals surface area contributed by atoms with Crippen molar-refractivity contribution in [1.29, 1.82) is 0 Å². The molecule has 0 saturated carbocycles. The van der Waals surface area contributed by atoms with Crippen LogP contribution >= 0.6 is 39.3 Å². The van der Waals surface area contributed by atoms with Gasteiger partial charge in [0.25, 0.3) is 0 Å². The van der Waals surface area contributed by atoms with Crippen LogP contribution in [-0.2, 0) is 4.79 Å². The fourth-order valence-electron chi connectivity index (χ4n) is 1.10. The van der Waals surface area contributed by atoms with Gasteiger partial charge in [-0.2, -0.15) is 0 Å². The Labute approximate surface area is 124 Å². The van der Waals surface area contributed by atoms with Gasteiger partial charge in [-0.25, -0.2) is 0 Å². The van der Waals surface area contributed by atoms with Crippen LogP contribution in [0.3, 0.4) is 0 Å². The lowest BCUT2D eigenvalue weighted by Crippen LogP contribution is -2.28. The smallest absolute Gasteiger partial charge is 0.319 e. The van der Waals surface area contributed by atoms with E-state index in [1.165, 1.54) is 11.8 Å². The molecule has 3 nitrogen and oxygen atoms in total. The first kappa shape index (κ1) is 15.7. The first-order valence-corrected chi connectivity index (χ1v) is 7.44. The summed E-state index contributed by atoms with van der Waals surface area (Å²) in [6.45, 7) is 3.80. The van der Waals surface area contributed by atoms with Gasteiger partial charge in [0, 0.05) is 10.8 Å². The average molecular weight is 354 g/mol. The number of benzene rings is 1. The third-order valence-electron chi connectivity index (χ3n) is 2.21. The van der Waals surface area contributed by atoms with Crippen LogP contribution in [0.1, 0.15) is 13.8 Å². The summed E-state index contributed by atoms with van der Waals surface area (Å²) in [5, 5.41) is 9.58. The molecule has 1 rings (SSSR count). The Kier molecular flexibility index (Phi) is 5.82. The molecule has 1 aromatic rings. The molecule has 0 aliphatic heterocycles. The third-order valence-corrected chi connectivity index (χ3v) is 4.33. The number of thioether (sulfide) groups is 1. The van der Waals surface area contributed by atoms with E-state index in [0.29, 0.717) is 23.1 Å². The van der Waals surface area contributed by atoms with E-state index in [0.717, 1.165) is 4.47 Å². The molecule has 0 spiro atoms. The summed E-state index contributed by atoms with van der Waals surface area (Å²) in [6, 6.07) is 5.28. The maximum absolute atomic E-state index is 10.9. The van der Waals surface area contributed by atoms with Gasteiger partial charge in [-0.3, -0.25) is 4.79 Å². The number of hydrogen-bond donors (Lipinski definition) is 1. The summed E-state index contributed by atoms with van der Waals surface area (Å²) in [7, 11) is 0.